The third-order valence-corrected chi connectivity index (χ3v) is 2.92. The Hall–Kier alpha value is -0.500. The van der Waals surface area contributed by atoms with Crippen molar-refractivity contribution in [2.75, 3.05) is 19.8 Å². The molecule has 1 aliphatic heterocycles. The summed E-state index contributed by atoms with van der Waals surface area (Å²) in [4.78, 5) is 0. The highest BCUT2D eigenvalue weighted by molar-refractivity contribution is 4.89. The van der Waals surface area contributed by atoms with E-state index in [-0.39, 0.29) is 32.7 Å². The lowest BCUT2D eigenvalue weighted by atomic mass is 9.84. The van der Waals surface area contributed by atoms with Gasteiger partial charge in [-0.3, -0.25) is 0 Å². The van der Waals surface area contributed by atoms with E-state index in [0.29, 0.717) is 6.61 Å². The Morgan fingerprint density at radius 3 is 2.00 bits per heavy atom. The highest BCUT2D eigenvalue weighted by Gasteiger charge is 2.66. The Bertz CT molecular complexity index is 255. The first-order valence-corrected chi connectivity index (χ1v) is 5.41. The molecule has 0 radical (unpaired) electrons. The largest absolute Gasteiger partial charge is 0.402 e. The van der Waals surface area contributed by atoms with Crippen LogP contribution in [0.1, 0.15) is 19.8 Å². The molecule has 1 aliphatic rings. The van der Waals surface area contributed by atoms with Gasteiger partial charge in [-0.05, 0) is 19.8 Å². The molecule has 0 N–H and O–H groups in total. The second-order valence-electron chi connectivity index (χ2n) is 4.46. The van der Waals surface area contributed by atoms with Crippen molar-refractivity contribution in [1.29, 1.82) is 0 Å². The monoisotopic (exact) mass is 280 g/mol. The van der Waals surface area contributed by atoms with Gasteiger partial charge in [-0.2, -0.15) is 26.3 Å². The van der Waals surface area contributed by atoms with Crippen molar-refractivity contribution >= 4 is 0 Å². The molecule has 2 nitrogen and oxygen atoms in total. The predicted molar refractivity (Wildman–Crippen MR) is 50.0 cm³/mol. The minimum Gasteiger partial charge on any atom is -0.379 e. The third-order valence-electron chi connectivity index (χ3n) is 2.92. The molecule has 8 heteroatoms. The fraction of sp³-hybridized carbons (Fsp3) is 1.00. The highest BCUT2D eigenvalue weighted by atomic mass is 19.4. The van der Waals surface area contributed by atoms with Gasteiger partial charge in [0.05, 0.1) is 13.2 Å². The van der Waals surface area contributed by atoms with Gasteiger partial charge >= 0.3 is 12.4 Å². The number of rotatable bonds is 6. The van der Waals surface area contributed by atoms with Gasteiger partial charge in [-0.25, -0.2) is 0 Å². The minimum atomic E-state index is -5.31. The van der Waals surface area contributed by atoms with E-state index in [1.54, 1.807) is 0 Å². The Balaban J connectivity index is 2.41. The second-order valence-corrected chi connectivity index (χ2v) is 4.46. The fourth-order valence-corrected chi connectivity index (χ4v) is 1.35. The van der Waals surface area contributed by atoms with Crippen LogP contribution in [0, 0.1) is 5.41 Å². The van der Waals surface area contributed by atoms with Crippen LogP contribution in [0.5, 0.6) is 0 Å². The molecule has 0 aromatic rings. The van der Waals surface area contributed by atoms with Crippen LogP contribution in [0.4, 0.5) is 26.3 Å². The minimum absolute atomic E-state index is 0.0541. The van der Waals surface area contributed by atoms with E-state index in [0.717, 1.165) is 0 Å². The van der Waals surface area contributed by atoms with E-state index in [2.05, 4.69) is 0 Å². The molecule has 1 fully saturated rings. The summed E-state index contributed by atoms with van der Waals surface area (Å²) in [6, 6.07) is 0. The first-order valence-electron chi connectivity index (χ1n) is 5.41. The summed E-state index contributed by atoms with van der Waals surface area (Å²) in [6.07, 6.45) is -12.0. The zero-order valence-corrected chi connectivity index (χ0v) is 9.70. The van der Waals surface area contributed by atoms with E-state index in [4.69, 9.17) is 9.47 Å². The first kappa shape index (κ1) is 15.6. The standard InChI is InChI=1S/C10H14F6O2/c1-8(9(11,12)13,10(14,15)16)3-2-4-17-5-7-6-18-7/h7H,2-6H2,1H3. The number of alkyl halides is 6. The summed E-state index contributed by atoms with van der Waals surface area (Å²) < 4.78 is 84.5. The Labute approximate surface area is 100 Å². The Morgan fingerprint density at radius 2 is 1.61 bits per heavy atom. The van der Waals surface area contributed by atoms with Crippen molar-refractivity contribution in [2.45, 2.75) is 38.2 Å². The van der Waals surface area contributed by atoms with E-state index in [9.17, 15) is 26.3 Å². The Morgan fingerprint density at radius 1 is 1.11 bits per heavy atom. The van der Waals surface area contributed by atoms with Gasteiger partial charge in [0, 0.05) is 6.61 Å². The summed E-state index contributed by atoms with van der Waals surface area (Å²) in [6.45, 7) is 0.788. The van der Waals surface area contributed by atoms with Gasteiger partial charge in [0.15, 0.2) is 5.41 Å². The molecule has 1 rings (SSSR count). The van der Waals surface area contributed by atoms with Crippen LogP contribution in [0.25, 0.3) is 0 Å². The SMILES string of the molecule is CC(CCCOCC1CO1)(C(F)(F)F)C(F)(F)F. The second kappa shape index (κ2) is 5.24. The third kappa shape index (κ3) is 3.74. The van der Waals surface area contributed by atoms with Crippen molar-refractivity contribution in [1.82, 2.24) is 0 Å². The number of hydrogen-bond donors (Lipinski definition) is 0. The van der Waals surface area contributed by atoms with Crippen molar-refractivity contribution in [3.05, 3.63) is 0 Å². The molecule has 108 valence electrons. The van der Waals surface area contributed by atoms with Crippen molar-refractivity contribution < 1.29 is 35.8 Å². The number of halogens is 6. The quantitative estimate of drug-likeness (QED) is 0.423. The summed E-state index contributed by atoms with van der Waals surface area (Å²) in [5.74, 6) is 0. The molecular weight excluding hydrogens is 266 g/mol. The Kier molecular flexibility index (Phi) is 4.53. The van der Waals surface area contributed by atoms with Crippen LogP contribution >= 0.6 is 0 Å². The smallest absolute Gasteiger partial charge is 0.379 e. The number of ether oxygens (including phenoxy) is 2. The van der Waals surface area contributed by atoms with Gasteiger partial charge in [0.2, 0.25) is 0 Å². The van der Waals surface area contributed by atoms with Gasteiger partial charge in [-0.1, -0.05) is 0 Å². The van der Waals surface area contributed by atoms with Crippen LogP contribution in [-0.2, 0) is 9.47 Å². The molecule has 1 saturated heterocycles. The molecule has 0 bridgehead atoms. The van der Waals surface area contributed by atoms with Gasteiger partial charge in [0.25, 0.3) is 0 Å². The molecule has 0 aliphatic carbocycles. The molecule has 0 aromatic heterocycles. The molecule has 18 heavy (non-hydrogen) atoms. The average molecular weight is 280 g/mol. The molecule has 1 unspecified atom stereocenters. The fourth-order valence-electron chi connectivity index (χ4n) is 1.35. The van der Waals surface area contributed by atoms with Crippen molar-refractivity contribution in [3.8, 4) is 0 Å². The van der Waals surface area contributed by atoms with Crippen LogP contribution in [0.3, 0.4) is 0 Å². The van der Waals surface area contributed by atoms with Crippen molar-refractivity contribution in [3.63, 3.8) is 0 Å². The highest BCUT2D eigenvalue weighted by Crippen LogP contribution is 2.52. The number of epoxide rings is 1. The van der Waals surface area contributed by atoms with Crippen LogP contribution in [0.15, 0.2) is 0 Å². The molecule has 1 heterocycles. The van der Waals surface area contributed by atoms with E-state index < -0.39 is 24.2 Å². The maximum Gasteiger partial charge on any atom is 0.402 e. The maximum atomic E-state index is 12.5. The van der Waals surface area contributed by atoms with Gasteiger partial charge < -0.3 is 9.47 Å². The molecule has 1 atom stereocenters. The summed E-state index contributed by atoms with van der Waals surface area (Å²) in [5.41, 5.74) is -3.68. The van der Waals surface area contributed by atoms with Gasteiger partial charge in [-0.15, -0.1) is 0 Å². The van der Waals surface area contributed by atoms with Crippen LogP contribution in [-0.4, -0.2) is 38.3 Å². The maximum absolute atomic E-state index is 12.5. The summed E-state index contributed by atoms with van der Waals surface area (Å²) >= 11 is 0. The lowest BCUT2D eigenvalue weighted by Crippen LogP contribution is -2.47. The van der Waals surface area contributed by atoms with E-state index in [1.807, 2.05) is 0 Å². The van der Waals surface area contributed by atoms with Crippen LogP contribution < -0.4 is 0 Å². The first-order chi connectivity index (χ1) is 8.08. The van der Waals surface area contributed by atoms with Crippen molar-refractivity contribution in [2.24, 2.45) is 5.41 Å². The predicted octanol–water partition coefficient (Wildman–Crippen LogP) is 3.31. The normalized spacial score (nSPS) is 21.2. The summed E-state index contributed by atoms with van der Waals surface area (Å²) in [7, 11) is 0. The zero-order chi connectivity index (χ0) is 14.0. The summed E-state index contributed by atoms with van der Waals surface area (Å²) in [5, 5.41) is 0. The molecule has 0 saturated carbocycles. The number of hydrogen-bond acceptors (Lipinski definition) is 2. The molecule has 0 aromatic carbocycles. The molecule has 0 spiro atoms. The van der Waals surface area contributed by atoms with E-state index in [1.165, 1.54) is 0 Å². The molecular formula is C10H14F6O2. The topological polar surface area (TPSA) is 21.8 Å². The van der Waals surface area contributed by atoms with Gasteiger partial charge in [0.1, 0.15) is 6.10 Å². The lowest BCUT2D eigenvalue weighted by Gasteiger charge is -2.33. The van der Waals surface area contributed by atoms with Crippen LogP contribution in [0.2, 0.25) is 0 Å². The lowest BCUT2D eigenvalue weighted by molar-refractivity contribution is -0.337. The van der Waals surface area contributed by atoms with E-state index >= 15 is 0 Å². The molecule has 0 amide bonds. The zero-order valence-electron chi connectivity index (χ0n) is 9.70. The average Bonchev–Trinajstić information content (AvgIpc) is 2.97.